The summed E-state index contributed by atoms with van der Waals surface area (Å²) in [6, 6.07) is 0. The Bertz CT molecular complexity index is 778. The number of unbranched alkanes of at least 4 members (excludes halogenated alkanes) is 2. The molecule has 1 N–H and O–H groups in total. The van der Waals surface area contributed by atoms with Crippen LogP contribution in [0.2, 0.25) is 0 Å². The predicted molar refractivity (Wildman–Crippen MR) is 118 cm³/mol. The van der Waals surface area contributed by atoms with E-state index in [-0.39, 0.29) is 11.4 Å². The number of hydrogen-bond donors (Lipinski definition) is 1. The molecular weight excluding hydrogens is 374 g/mol. The zero-order valence-corrected chi connectivity index (χ0v) is 18.7. The molecule has 30 heavy (non-hydrogen) atoms. The highest BCUT2D eigenvalue weighted by Crippen LogP contribution is 2.65. The van der Waals surface area contributed by atoms with Crippen molar-refractivity contribution >= 4 is 11.7 Å². The van der Waals surface area contributed by atoms with Crippen LogP contribution in [0.25, 0.3) is 0 Å². The number of allylic oxidation sites excluding steroid dienone is 2. The zero-order valence-electron chi connectivity index (χ0n) is 18.7. The molecule has 4 rings (SSSR count). The Kier molecular flexibility index (Phi) is 6.02. The van der Waals surface area contributed by atoms with Crippen LogP contribution in [-0.2, 0) is 9.53 Å². The fourth-order valence-electron chi connectivity index (χ4n) is 7.47. The quantitative estimate of drug-likeness (QED) is 0.202. The minimum atomic E-state index is -0.731. The summed E-state index contributed by atoms with van der Waals surface area (Å²) in [6.45, 7) is 4.45. The summed E-state index contributed by atoms with van der Waals surface area (Å²) in [5, 5.41) is 12.6. The van der Waals surface area contributed by atoms with E-state index in [1.165, 1.54) is 12.0 Å². The fraction of sp³-hybridized carbons (Fsp3) is 0.769. The van der Waals surface area contributed by atoms with Gasteiger partial charge in [0.1, 0.15) is 0 Å². The van der Waals surface area contributed by atoms with Crippen LogP contribution in [0.1, 0.15) is 90.9 Å². The van der Waals surface area contributed by atoms with Gasteiger partial charge >= 0.3 is 5.97 Å². The number of terminal acetylenes is 1. The maximum absolute atomic E-state index is 12.6. The lowest BCUT2D eigenvalue weighted by atomic mass is 9.50. The molecule has 0 aromatic heterocycles. The lowest BCUT2D eigenvalue weighted by Gasteiger charge is -2.55. The SMILES string of the molecule is C#C[C@]1(OC(=O)CCCCC)CC[C@H]2[C@@H]3CCC4=C/C(=N/O)CC[C@@H]4[C@H]3CC[C@@]21C. The van der Waals surface area contributed by atoms with E-state index in [1.54, 1.807) is 0 Å². The lowest BCUT2D eigenvalue weighted by Crippen LogP contribution is -2.53. The molecule has 0 amide bonds. The third-order valence-electron chi connectivity index (χ3n) is 9.07. The van der Waals surface area contributed by atoms with E-state index in [2.05, 4.69) is 31.0 Å². The first-order chi connectivity index (χ1) is 14.5. The smallest absolute Gasteiger partial charge is 0.307 e. The fourth-order valence-corrected chi connectivity index (χ4v) is 7.47. The Morgan fingerprint density at radius 3 is 2.80 bits per heavy atom. The van der Waals surface area contributed by atoms with E-state index in [1.807, 2.05) is 0 Å². The summed E-state index contributed by atoms with van der Waals surface area (Å²) >= 11 is 0. The van der Waals surface area contributed by atoms with E-state index >= 15 is 0 Å². The van der Waals surface area contributed by atoms with Gasteiger partial charge in [-0.15, -0.1) is 6.42 Å². The van der Waals surface area contributed by atoms with Crippen LogP contribution < -0.4 is 0 Å². The van der Waals surface area contributed by atoms with E-state index in [4.69, 9.17) is 11.2 Å². The van der Waals surface area contributed by atoms with Crippen LogP contribution in [-0.4, -0.2) is 22.5 Å². The van der Waals surface area contributed by atoms with Crippen molar-refractivity contribution < 1.29 is 14.7 Å². The first-order valence-corrected chi connectivity index (χ1v) is 12.1. The van der Waals surface area contributed by atoms with Crippen molar-refractivity contribution in [2.75, 3.05) is 0 Å². The molecule has 4 aliphatic carbocycles. The van der Waals surface area contributed by atoms with Gasteiger partial charge in [0.15, 0.2) is 5.60 Å². The number of oxime groups is 1. The van der Waals surface area contributed by atoms with E-state index < -0.39 is 5.60 Å². The van der Waals surface area contributed by atoms with Crippen molar-refractivity contribution in [3.8, 4) is 12.3 Å². The molecule has 0 unspecified atom stereocenters. The van der Waals surface area contributed by atoms with E-state index in [9.17, 15) is 10.0 Å². The molecule has 0 aromatic carbocycles. The van der Waals surface area contributed by atoms with Crippen molar-refractivity contribution in [3.63, 3.8) is 0 Å². The van der Waals surface area contributed by atoms with E-state index in [0.717, 1.165) is 69.9 Å². The summed E-state index contributed by atoms with van der Waals surface area (Å²) < 4.78 is 6.15. The van der Waals surface area contributed by atoms with Crippen LogP contribution in [0.4, 0.5) is 0 Å². The molecule has 0 spiro atoms. The summed E-state index contributed by atoms with van der Waals surface area (Å²) in [7, 11) is 0. The monoisotopic (exact) mass is 411 g/mol. The maximum atomic E-state index is 12.6. The number of esters is 1. The second-order valence-corrected chi connectivity index (χ2v) is 10.3. The average Bonchev–Trinajstić information content (AvgIpc) is 3.05. The number of carbonyl (C=O) groups excluding carboxylic acids is 1. The first kappa shape index (κ1) is 21.5. The maximum Gasteiger partial charge on any atom is 0.307 e. The second kappa shape index (κ2) is 8.40. The Morgan fingerprint density at radius 2 is 2.07 bits per heavy atom. The number of carbonyl (C=O) groups is 1. The van der Waals surface area contributed by atoms with Crippen LogP contribution in [0.15, 0.2) is 16.8 Å². The molecule has 4 heteroatoms. The number of fused-ring (bicyclic) bond motifs is 5. The number of nitrogens with zero attached hydrogens (tertiary/aromatic N) is 1. The van der Waals surface area contributed by atoms with Gasteiger partial charge in [-0.05, 0) is 87.5 Å². The first-order valence-electron chi connectivity index (χ1n) is 12.1. The van der Waals surface area contributed by atoms with Gasteiger partial charge in [-0.25, -0.2) is 0 Å². The van der Waals surface area contributed by atoms with Gasteiger partial charge in [0.2, 0.25) is 0 Å². The van der Waals surface area contributed by atoms with E-state index in [0.29, 0.717) is 30.1 Å². The molecule has 0 radical (unpaired) electrons. The van der Waals surface area contributed by atoms with Crippen molar-refractivity contribution in [1.29, 1.82) is 0 Å². The lowest BCUT2D eigenvalue weighted by molar-refractivity contribution is -0.170. The van der Waals surface area contributed by atoms with Crippen LogP contribution in [0.3, 0.4) is 0 Å². The summed E-state index contributed by atoms with van der Waals surface area (Å²) in [4.78, 5) is 12.6. The number of ether oxygens (including phenoxy) is 1. The summed E-state index contributed by atoms with van der Waals surface area (Å²) in [5.41, 5.74) is 1.48. The van der Waals surface area contributed by atoms with Crippen LogP contribution >= 0.6 is 0 Å². The van der Waals surface area contributed by atoms with Gasteiger partial charge in [-0.3, -0.25) is 4.79 Å². The molecule has 0 aromatic rings. The molecule has 0 heterocycles. The largest absolute Gasteiger partial charge is 0.445 e. The third kappa shape index (κ3) is 3.39. The van der Waals surface area contributed by atoms with Gasteiger partial charge < -0.3 is 9.94 Å². The molecule has 3 fully saturated rings. The minimum Gasteiger partial charge on any atom is -0.445 e. The molecule has 0 saturated heterocycles. The van der Waals surface area contributed by atoms with Gasteiger partial charge in [-0.2, -0.15) is 0 Å². The van der Waals surface area contributed by atoms with Gasteiger partial charge in [-0.1, -0.05) is 43.3 Å². The standard InChI is InChI=1S/C26H37NO3/c1-4-6-7-8-24(28)30-26(5-2)16-14-23-22-11-9-18-17-19(27-29)10-12-20(18)21(22)13-15-25(23,26)3/h2,17,20-23,29H,4,6-16H2,1,3H3/b27-19+/t20-,21+,22+,23-,25-,26-/m0/s1. The van der Waals surface area contributed by atoms with Crippen molar-refractivity contribution in [1.82, 2.24) is 0 Å². The van der Waals surface area contributed by atoms with Crippen LogP contribution in [0.5, 0.6) is 0 Å². The van der Waals surface area contributed by atoms with Gasteiger partial charge in [0, 0.05) is 11.8 Å². The molecule has 0 aliphatic heterocycles. The summed E-state index contributed by atoms with van der Waals surface area (Å²) in [5.74, 6) is 5.40. The topological polar surface area (TPSA) is 58.9 Å². The van der Waals surface area contributed by atoms with Crippen molar-refractivity contribution in [2.45, 2.75) is 96.5 Å². The molecule has 164 valence electrons. The van der Waals surface area contributed by atoms with Gasteiger partial charge in [0.25, 0.3) is 0 Å². The normalized spacial score (nSPS) is 41.2. The average molecular weight is 412 g/mol. The number of rotatable bonds is 5. The van der Waals surface area contributed by atoms with Crippen LogP contribution in [0, 0.1) is 41.4 Å². The molecule has 4 aliphatic rings. The molecule has 3 saturated carbocycles. The van der Waals surface area contributed by atoms with Gasteiger partial charge in [0.05, 0.1) is 5.71 Å². The third-order valence-corrected chi connectivity index (χ3v) is 9.07. The highest BCUT2D eigenvalue weighted by atomic mass is 16.6. The molecule has 4 nitrogen and oxygen atoms in total. The summed E-state index contributed by atoms with van der Waals surface area (Å²) in [6.07, 6.45) is 20.1. The molecule has 6 atom stereocenters. The Labute approximate surface area is 181 Å². The highest BCUT2D eigenvalue weighted by Gasteiger charge is 2.64. The zero-order chi connectivity index (χ0) is 21.4. The Hall–Kier alpha value is -1.76. The predicted octanol–water partition coefficient (Wildman–Crippen LogP) is 5.88. The molecular formula is C26H37NO3. The Morgan fingerprint density at radius 1 is 1.23 bits per heavy atom. The highest BCUT2D eigenvalue weighted by molar-refractivity contribution is 5.96. The number of hydrogen-bond acceptors (Lipinski definition) is 4. The Balaban J connectivity index is 1.52. The molecule has 0 bridgehead atoms. The minimum absolute atomic E-state index is 0.109. The van der Waals surface area contributed by atoms with Crippen molar-refractivity contribution in [3.05, 3.63) is 11.6 Å². The second-order valence-electron chi connectivity index (χ2n) is 10.3. The van der Waals surface area contributed by atoms with Crippen molar-refractivity contribution in [2.24, 2.45) is 34.2 Å².